The van der Waals surface area contributed by atoms with Crippen LogP contribution in [0.4, 0.5) is 5.69 Å². The Bertz CT molecular complexity index is 380. The SMILES string of the molecule is CCCCCCNc1ccc(C(N)=S)cc1Br. The zero-order valence-corrected chi connectivity index (χ0v) is 12.5. The van der Waals surface area contributed by atoms with Crippen LogP contribution in [0.15, 0.2) is 22.7 Å². The Morgan fingerprint density at radius 2 is 2.12 bits per heavy atom. The lowest BCUT2D eigenvalue weighted by atomic mass is 10.2. The smallest absolute Gasteiger partial charge is 0.104 e. The van der Waals surface area contributed by atoms with Crippen molar-refractivity contribution in [2.24, 2.45) is 5.73 Å². The van der Waals surface area contributed by atoms with Crippen LogP contribution in [-0.2, 0) is 0 Å². The molecule has 0 aliphatic rings. The van der Waals surface area contributed by atoms with Gasteiger partial charge in [-0.25, -0.2) is 0 Å². The Kier molecular flexibility index (Phi) is 6.52. The van der Waals surface area contributed by atoms with Gasteiger partial charge in [0.25, 0.3) is 0 Å². The predicted octanol–water partition coefficient (Wildman–Crippen LogP) is 4.08. The van der Waals surface area contributed by atoms with E-state index in [1.54, 1.807) is 0 Å². The fraction of sp³-hybridized carbons (Fsp3) is 0.462. The molecule has 0 atom stereocenters. The molecular weight excluding hydrogens is 296 g/mol. The molecule has 0 heterocycles. The van der Waals surface area contributed by atoms with Crippen molar-refractivity contribution in [2.75, 3.05) is 11.9 Å². The number of anilines is 1. The van der Waals surface area contributed by atoms with E-state index in [0.717, 1.165) is 22.3 Å². The molecule has 1 aromatic carbocycles. The van der Waals surface area contributed by atoms with E-state index < -0.39 is 0 Å². The van der Waals surface area contributed by atoms with Crippen molar-refractivity contribution in [1.29, 1.82) is 0 Å². The third kappa shape index (κ3) is 5.04. The summed E-state index contributed by atoms with van der Waals surface area (Å²) in [4.78, 5) is 0.431. The van der Waals surface area contributed by atoms with Gasteiger partial charge in [-0.3, -0.25) is 0 Å². The third-order valence-electron chi connectivity index (χ3n) is 2.60. The average Bonchev–Trinajstić information content (AvgIpc) is 2.30. The van der Waals surface area contributed by atoms with Gasteiger partial charge >= 0.3 is 0 Å². The molecule has 17 heavy (non-hydrogen) atoms. The molecule has 0 fully saturated rings. The van der Waals surface area contributed by atoms with Crippen LogP contribution in [0, 0.1) is 0 Å². The Balaban J connectivity index is 2.46. The quantitative estimate of drug-likeness (QED) is 0.588. The molecule has 4 heteroatoms. The van der Waals surface area contributed by atoms with Crippen LogP contribution < -0.4 is 11.1 Å². The van der Waals surface area contributed by atoms with E-state index in [0.29, 0.717) is 4.99 Å². The van der Waals surface area contributed by atoms with Gasteiger partial charge < -0.3 is 11.1 Å². The fourth-order valence-electron chi connectivity index (χ4n) is 1.59. The number of hydrogen-bond donors (Lipinski definition) is 2. The van der Waals surface area contributed by atoms with Gasteiger partial charge in [-0.2, -0.15) is 0 Å². The second-order valence-electron chi connectivity index (χ2n) is 4.05. The van der Waals surface area contributed by atoms with Crippen LogP contribution in [0.2, 0.25) is 0 Å². The summed E-state index contributed by atoms with van der Waals surface area (Å²) in [6.07, 6.45) is 5.07. The minimum atomic E-state index is 0.431. The molecule has 1 rings (SSSR count). The van der Waals surface area contributed by atoms with Gasteiger partial charge in [0.2, 0.25) is 0 Å². The Morgan fingerprint density at radius 1 is 1.35 bits per heavy atom. The largest absolute Gasteiger partial charge is 0.389 e. The number of rotatable bonds is 7. The van der Waals surface area contributed by atoms with Crippen molar-refractivity contribution in [3.05, 3.63) is 28.2 Å². The van der Waals surface area contributed by atoms with Crippen molar-refractivity contribution >= 4 is 38.8 Å². The van der Waals surface area contributed by atoms with Gasteiger partial charge in [0, 0.05) is 22.3 Å². The average molecular weight is 315 g/mol. The van der Waals surface area contributed by atoms with E-state index in [1.165, 1.54) is 25.7 Å². The molecule has 0 aromatic heterocycles. The van der Waals surface area contributed by atoms with Gasteiger partial charge in [0.15, 0.2) is 0 Å². The van der Waals surface area contributed by atoms with E-state index in [9.17, 15) is 0 Å². The first-order chi connectivity index (χ1) is 8.15. The highest BCUT2D eigenvalue weighted by atomic mass is 79.9. The first-order valence-electron chi connectivity index (χ1n) is 5.98. The van der Waals surface area contributed by atoms with E-state index in [4.69, 9.17) is 18.0 Å². The summed E-state index contributed by atoms with van der Waals surface area (Å²) in [6.45, 7) is 3.23. The number of hydrogen-bond acceptors (Lipinski definition) is 2. The van der Waals surface area contributed by atoms with Gasteiger partial charge in [0.05, 0.1) is 0 Å². The number of nitrogens with two attached hydrogens (primary N) is 1. The van der Waals surface area contributed by atoms with E-state index in [-0.39, 0.29) is 0 Å². The monoisotopic (exact) mass is 314 g/mol. The van der Waals surface area contributed by atoms with Gasteiger partial charge in [-0.15, -0.1) is 0 Å². The van der Waals surface area contributed by atoms with Gasteiger partial charge in [-0.1, -0.05) is 38.4 Å². The maximum absolute atomic E-state index is 5.58. The molecule has 0 radical (unpaired) electrons. The summed E-state index contributed by atoms with van der Waals surface area (Å²) in [5.74, 6) is 0. The van der Waals surface area contributed by atoms with E-state index in [2.05, 4.69) is 28.2 Å². The van der Waals surface area contributed by atoms with Crippen LogP contribution >= 0.6 is 28.1 Å². The maximum Gasteiger partial charge on any atom is 0.104 e. The highest BCUT2D eigenvalue weighted by molar-refractivity contribution is 9.10. The highest BCUT2D eigenvalue weighted by Gasteiger charge is 2.02. The van der Waals surface area contributed by atoms with Crippen LogP contribution in [0.3, 0.4) is 0 Å². The van der Waals surface area contributed by atoms with Crippen molar-refractivity contribution in [2.45, 2.75) is 32.6 Å². The molecule has 3 N–H and O–H groups in total. The normalized spacial score (nSPS) is 10.2. The third-order valence-corrected chi connectivity index (χ3v) is 3.49. The van der Waals surface area contributed by atoms with Gasteiger partial charge in [0.1, 0.15) is 4.99 Å². The first-order valence-corrected chi connectivity index (χ1v) is 7.18. The summed E-state index contributed by atoms with van der Waals surface area (Å²) < 4.78 is 1.01. The maximum atomic E-state index is 5.58. The first kappa shape index (κ1) is 14.5. The molecule has 0 spiro atoms. The molecule has 0 unspecified atom stereocenters. The Hall–Kier alpha value is -0.610. The highest BCUT2D eigenvalue weighted by Crippen LogP contribution is 2.23. The number of unbranched alkanes of at least 4 members (excludes halogenated alkanes) is 3. The van der Waals surface area contributed by atoms with Crippen LogP contribution in [0.25, 0.3) is 0 Å². The molecule has 94 valence electrons. The molecule has 0 aliphatic heterocycles. The van der Waals surface area contributed by atoms with Crippen molar-refractivity contribution in [1.82, 2.24) is 0 Å². The number of thiocarbonyl (C=S) groups is 1. The van der Waals surface area contributed by atoms with E-state index in [1.807, 2.05) is 18.2 Å². The number of halogens is 1. The van der Waals surface area contributed by atoms with Gasteiger partial charge in [-0.05, 0) is 40.5 Å². The fourth-order valence-corrected chi connectivity index (χ4v) is 2.23. The zero-order chi connectivity index (χ0) is 12.7. The van der Waals surface area contributed by atoms with E-state index >= 15 is 0 Å². The lowest BCUT2D eigenvalue weighted by Crippen LogP contribution is -2.10. The summed E-state index contributed by atoms with van der Waals surface area (Å²) in [5, 5.41) is 3.41. The minimum absolute atomic E-state index is 0.431. The lowest BCUT2D eigenvalue weighted by molar-refractivity contribution is 0.685. The summed E-state index contributed by atoms with van der Waals surface area (Å²) in [7, 11) is 0. The summed E-state index contributed by atoms with van der Waals surface area (Å²) in [5.41, 5.74) is 7.57. The molecule has 1 aromatic rings. The van der Waals surface area contributed by atoms with Crippen LogP contribution in [0.5, 0.6) is 0 Å². The molecule has 0 saturated carbocycles. The second-order valence-corrected chi connectivity index (χ2v) is 5.34. The molecular formula is C13H19BrN2S. The second kappa shape index (κ2) is 7.67. The van der Waals surface area contributed by atoms with Crippen molar-refractivity contribution in [3.63, 3.8) is 0 Å². The van der Waals surface area contributed by atoms with Crippen LogP contribution in [0.1, 0.15) is 38.2 Å². The predicted molar refractivity (Wildman–Crippen MR) is 82.7 cm³/mol. The van der Waals surface area contributed by atoms with Crippen LogP contribution in [-0.4, -0.2) is 11.5 Å². The lowest BCUT2D eigenvalue weighted by Gasteiger charge is -2.09. The molecule has 2 nitrogen and oxygen atoms in total. The molecule has 0 aliphatic carbocycles. The van der Waals surface area contributed by atoms with Crippen molar-refractivity contribution < 1.29 is 0 Å². The Morgan fingerprint density at radius 3 is 2.71 bits per heavy atom. The molecule has 0 saturated heterocycles. The zero-order valence-electron chi connectivity index (χ0n) is 10.1. The summed E-state index contributed by atoms with van der Waals surface area (Å²) >= 11 is 8.46. The number of benzene rings is 1. The standard InChI is InChI=1S/C13H19BrN2S/c1-2-3-4-5-8-16-12-7-6-10(13(15)17)9-11(12)14/h6-7,9,16H,2-5,8H2,1H3,(H2,15,17). The van der Waals surface area contributed by atoms with Crippen molar-refractivity contribution in [3.8, 4) is 0 Å². The molecule has 0 amide bonds. The Labute approximate surface area is 117 Å². The molecule has 0 bridgehead atoms. The summed E-state index contributed by atoms with van der Waals surface area (Å²) in [6, 6.07) is 5.91. The minimum Gasteiger partial charge on any atom is -0.389 e. The topological polar surface area (TPSA) is 38.0 Å². The number of nitrogens with one attached hydrogen (secondary N) is 1.